The van der Waals surface area contributed by atoms with E-state index in [1.54, 1.807) is 6.07 Å². The Hall–Kier alpha value is -2.95. The highest BCUT2D eigenvalue weighted by atomic mass is 31.2. The van der Waals surface area contributed by atoms with Crippen molar-refractivity contribution in [2.45, 2.75) is 24.9 Å². The highest BCUT2D eigenvalue weighted by Crippen LogP contribution is 2.38. The summed E-state index contributed by atoms with van der Waals surface area (Å²) in [4.78, 5) is 26.2. The second-order valence-corrected chi connectivity index (χ2v) is 8.57. The van der Waals surface area contributed by atoms with Gasteiger partial charge in [0.15, 0.2) is 17.9 Å². The van der Waals surface area contributed by atoms with Crippen molar-refractivity contribution in [2.24, 2.45) is 0 Å². The first kappa shape index (κ1) is 23.2. The lowest BCUT2D eigenvalue weighted by molar-refractivity contribution is -0.106. The SMILES string of the molecule is Nc1nc(=O)n(C2OC(COP(NCC=O)Oc3ccc4ccccc4c3)CC2O)cc1F. The van der Waals surface area contributed by atoms with Crippen LogP contribution in [0.2, 0.25) is 0 Å². The highest BCUT2D eigenvalue weighted by Gasteiger charge is 2.37. The molecule has 33 heavy (non-hydrogen) atoms. The van der Waals surface area contributed by atoms with Gasteiger partial charge in [0.1, 0.15) is 18.1 Å². The maximum atomic E-state index is 13.8. The number of aliphatic hydroxyl groups excluding tert-OH is 1. The number of carbonyl (C=O) groups is 1. The maximum Gasteiger partial charge on any atom is 0.351 e. The van der Waals surface area contributed by atoms with Crippen molar-refractivity contribution in [1.29, 1.82) is 0 Å². The topological polar surface area (TPSA) is 138 Å². The van der Waals surface area contributed by atoms with Gasteiger partial charge in [0.2, 0.25) is 0 Å². The largest absolute Gasteiger partial charge is 0.436 e. The Bertz CT molecular complexity index is 1190. The zero-order valence-corrected chi connectivity index (χ0v) is 18.2. The molecule has 0 saturated carbocycles. The molecular formula is C21H22FN4O6P. The number of nitrogens with two attached hydrogens (primary N) is 1. The molecule has 0 radical (unpaired) electrons. The maximum absolute atomic E-state index is 13.8. The molecular weight excluding hydrogens is 454 g/mol. The Morgan fingerprint density at radius 1 is 1.33 bits per heavy atom. The van der Waals surface area contributed by atoms with Crippen LogP contribution < -0.4 is 21.0 Å². The van der Waals surface area contributed by atoms with Crippen LogP contribution in [-0.2, 0) is 14.1 Å². The zero-order chi connectivity index (χ0) is 23.4. The van der Waals surface area contributed by atoms with Crippen molar-refractivity contribution in [1.82, 2.24) is 14.6 Å². The number of aromatic nitrogens is 2. The molecule has 10 nitrogen and oxygen atoms in total. The molecule has 12 heteroatoms. The van der Waals surface area contributed by atoms with Crippen LogP contribution in [0, 0.1) is 5.82 Å². The Balaban J connectivity index is 1.41. The number of anilines is 1. The Morgan fingerprint density at radius 2 is 2.12 bits per heavy atom. The predicted octanol–water partition coefficient (Wildman–Crippen LogP) is 1.88. The summed E-state index contributed by atoms with van der Waals surface area (Å²) in [5.41, 5.74) is 4.46. The molecule has 4 unspecified atom stereocenters. The van der Waals surface area contributed by atoms with Crippen LogP contribution in [0.25, 0.3) is 10.8 Å². The molecule has 0 bridgehead atoms. The van der Waals surface area contributed by atoms with E-state index < -0.39 is 44.3 Å². The van der Waals surface area contributed by atoms with Gasteiger partial charge in [-0.3, -0.25) is 4.57 Å². The number of hydrogen-bond acceptors (Lipinski definition) is 9. The molecule has 4 rings (SSSR count). The van der Waals surface area contributed by atoms with E-state index >= 15 is 0 Å². The number of aliphatic hydroxyl groups is 1. The minimum atomic E-state index is -1.71. The third-order valence-corrected chi connectivity index (χ3v) is 6.17. The fourth-order valence-corrected chi connectivity index (χ4v) is 4.45. The van der Waals surface area contributed by atoms with Crippen molar-refractivity contribution in [3.63, 3.8) is 0 Å². The molecule has 1 fully saturated rings. The van der Waals surface area contributed by atoms with Gasteiger partial charge < -0.3 is 29.4 Å². The van der Waals surface area contributed by atoms with Gasteiger partial charge in [-0.15, -0.1) is 0 Å². The van der Waals surface area contributed by atoms with E-state index in [9.17, 15) is 19.1 Å². The van der Waals surface area contributed by atoms with Crippen LogP contribution >= 0.6 is 8.53 Å². The lowest BCUT2D eigenvalue weighted by Crippen LogP contribution is -2.32. The number of halogens is 1. The minimum absolute atomic E-state index is 0.00165. The summed E-state index contributed by atoms with van der Waals surface area (Å²) in [7, 11) is -1.71. The van der Waals surface area contributed by atoms with Gasteiger partial charge in [-0.05, 0) is 22.9 Å². The van der Waals surface area contributed by atoms with Gasteiger partial charge in [-0.2, -0.15) is 4.98 Å². The molecule has 3 aromatic rings. The molecule has 2 heterocycles. The van der Waals surface area contributed by atoms with Crippen LogP contribution in [0.1, 0.15) is 12.6 Å². The summed E-state index contributed by atoms with van der Waals surface area (Å²) in [6, 6.07) is 13.4. The number of rotatable bonds is 9. The van der Waals surface area contributed by atoms with Crippen LogP contribution in [0.5, 0.6) is 5.75 Å². The molecule has 2 aromatic carbocycles. The first-order valence-corrected chi connectivity index (χ1v) is 11.3. The average Bonchev–Trinajstić information content (AvgIpc) is 3.18. The number of nitrogens with zero attached hydrogens (tertiary/aromatic N) is 2. The number of carbonyl (C=O) groups excluding carboxylic acids is 1. The van der Waals surface area contributed by atoms with Crippen molar-refractivity contribution < 1.29 is 28.1 Å². The van der Waals surface area contributed by atoms with E-state index in [2.05, 4.69) is 10.1 Å². The van der Waals surface area contributed by atoms with E-state index in [1.807, 2.05) is 36.4 Å². The number of hydrogen-bond donors (Lipinski definition) is 3. The van der Waals surface area contributed by atoms with Gasteiger partial charge in [-0.25, -0.2) is 14.3 Å². The first-order chi connectivity index (χ1) is 15.9. The van der Waals surface area contributed by atoms with Crippen molar-refractivity contribution >= 4 is 31.4 Å². The van der Waals surface area contributed by atoms with E-state index in [1.165, 1.54) is 0 Å². The monoisotopic (exact) mass is 476 g/mol. The molecule has 1 aliphatic rings. The Morgan fingerprint density at radius 3 is 2.91 bits per heavy atom. The van der Waals surface area contributed by atoms with E-state index in [0.717, 1.165) is 21.5 Å². The van der Waals surface area contributed by atoms with Gasteiger partial charge >= 0.3 is 14.2 Å². The Labute approximate surface area is 189 Å². The van der Waals surface area contributed by atoms with Crippen molar-refractivity contribution in [3.8, 4) is 5.75 Å². The van der Waals surface area contributed by atoms with Crippen LogP contribution in [0.4, 0.5) is 10.2 Å². The average molecular weight is 476 g/mol. The summed E-state index contributed by atoms with van der Waals surface area (Å²) in [6.07, 6.45) is -1.16. The Kier molecular flexibility index (Phi) is 7.26. The molecule has 4 N–H and O–H groups in total. The van der Waals surface area contributed by atoms with Crippen molar-refractivity contribution in [3.05, 3.63) is 65.0 Å². The summed E-state index contributed by atoms with van der Waals surface area (Å²) >= 11 is 0. The molecule has 1 saturated heterocycles. The standard InChI is InChI=1S/C21H22FN4O6P/c22-17-11-26(21(29)25-19(17)23)20-18(28)10-16(31-20)12-30-33(24-7-8-27)32-15-6-5-13-3-1-2-4-14(13)9-15/h1-6,8-9,11,16,18,20,24,28H,7,10,12H2,(H2,23,25,29). The molecule has 174 valence electrons. The van der Waals surface area contributed by atoms with E-state index in [-0.39, 0.29) is 19.6 Å². The predicted molar refractivity (Wildman–Crippen MR) is 119 cm³/mol. The third-order valence-electron chi connectivity index (χ3n) is 4.96. The highest BCUT2D eigenvalue weighted by molar-refractivity contribution is 7.45. The van der Waals surface area contributed by atoms with Gasteiger partial charge in [0, 0.05) is 6.42 Å². The normalized spacial score (nSPS) is 21.2. The van der Waals surface area contributed by atoms with Gasteiger partial charge in [0.25, 0.3) is 0 Å². The van der Waals surface area contributed by atoms with Gasteiger partial charge in [-0.1, -0.05) is 30.3 Å². The van der Waals surface area contributed by atoms with E-state index in [0.29, 0.717) is 12.0 Å². The second kappa shape index (κ2) is 10.3. The molecule has 0 amide bonds. The fraction of sp³-hybridized carbons (Fsp3) is 0.286. The summed E-state index contributed by atoms with van der Waals surface area (Å²) in [5.74, 6) is -0.865. The zero-order valence-electron chi connectivity index (χ0n) is 17.3. The molecule has 1 aliphatic heterocycles. The second-order valence-electron chi connectivity index (χ2n) is 7.30. The lowest BCUT2D eigenvalue weighted by Gasteiger charge is -2.20. The van der Waals surface area contributed by atoms with E-state index in [4.69, 9.17) is 19.5 Å². The number of aldehydes is 1. The van der Waals surface area contributed by atoms with Crippen molar-refractivity contribution in [2.75, 3.05) is 18.9 Å². The van der Waals surface area contributed by atoms with Crippen LogP contribution in [0.3, 0.4) is 0 Å². The molecule has 0 aliphatic carbocycles. The van der Waals surface area contributed by atoms with Gasteiger partial charge in [0.05, 0.1) is 25.5 Å². The number of nitrogens with one attached hydrogen (secondary N) is 1. The fourth-order valence-electron chi connectivity index (χ4n) is 3.41. The van der Waals surface area contributed by atoms with Crippen LogP contribution in [-0.4, -0.2) is 46.3 Å². The smallest absolute Gasteiger partial charge is 0.351 e. The quantitative estimate of drug-likeness (QED) is 0.312. The number of benzene rings is 2. The lowest BCUT2D eigenvalue weighted by atomic mass is 10.1. The third kappa shape index (κ3) is 5.52. The minimum Gasteiger partial charge on any atom is -0.436 e. The number of fused-ring (bicyclic) bond motifs is 1. The number of ether oxygens (including phenoxy) is 1. The summed E-state index contributed by atoms with van der Waals surface area (Å²) in [5, 5.41) is 15.2. The first-order valence-electron chi connectivity index (χ1n) is 10.1. The summed E-state index contributed by atoms with van der Waals surface area (Å²) < 4.78 is 32.0. The summed E-state index contributed by atoms with van der Waals surface area (Å²) in [6.45, 7) is 0.0141. The van der Waals surface area contributed by atoms with Crippen LogP contribution in [0.15, 0.2) is 53.5 Å². The molecule has 4 atom stereocenters. The molecule has 1 aromatic heterocycles. The number of nitrogen functional groups attached to an aromatic ring is 1. The molecule has 0 spiro atoms.